The van der Waals surface area contributed by atoms with Crippen LogP contribution in [0.5, 0.6) is 17.2 Å². The van der Waals surface area contributed by atoms with Crippen LogP contribution in [0, 0.1) is 0 Å². The van der Waals surface area contributed by atoms with Gasteiger partial charge in [-0.1, -0.05) is 219 Å². The van der Waals surface area contributed by atoms with Crippen molar-refractivity contribution >= 4 is 0 Å². The topological polar surface area (TPSA) is 53.7 Å². The number of hydrogen-bond acceptors (Lipinski definition) is 4. The monoisotopic (exact) mass is 702 g/mol. The Labute approximate surface area is 313 Å². The summed E-state index contributed by atoms with van der Waals surface area (Å²) in [5, 5.41) is 0. The van der Waals surface area contributed by atoms with Gasteiger partial charge >= 0.3 is 0 Å². The second-order valence-corrected chi connectivity index (χ2v) is 15.2. The second-order valence-electron chi connectivity index (χ2n) is 15.2. The van der Waals surface area contributed by atoms with Gasteiger partial charge in [-0.2, -0.15) is 0 Å². The molecule has 294 valence electrons. The van der Waals surface area contributed by atoms with Gasteiger partial charge in [-0.3, -0.25) is 0 Å². The Morgan fingerprint density at radius 1 is 0.340 bits per heavy atom. The van der Waals surface area contributed by atoms with E-state index in [1.165, 1.54) is 193 Å². The Balaban J connectivity index is 2.51. The zero-order chi connectivity index (χ0) is 36.0. The van der Waals surface area contributed by atoms with Gasteiger partial charge in [0.05, 0.1) is 19.8 Å². The van der Waals surface area contributed by atoms with E-state index in [0.717, 1.165) is 48.7 Å². The summed E-state index contributed by atoms with van der Waals surface area (Å²) >= 11 is 0. The third kappa shape index (κ3) is 27.3. The third-order valence-electron chi connectivity index (χ3n) is 10.4. The lowest BCUT2D eigenvalue weighted by Gasteiger charge is -2.20. The van der Waals surface area contributed by atoms with Crippen LogP contribution in [-0.2, 0) is 6.54 Å². The Kier molecular flexibility index (Phi) is 34.8. The molecule has 1 aromatic rings. The molecule has 0 heterocycles. The average molecular weight is 702 g/mol. The van der Waals surface area contributed by atoms with E-state index in [-0.39, 0.29) is 0 Å². The molecule has 0 saturated heterocycles. The molecule has 0 aliphatic heterocycles. The highest BCUT2D eigenvalue weighted by molar-refractivity contribution is 5.55. The van der Waals surface area contributed by atoms with Crippen LogP contribution in [0.3, 0.4) is 0 Å². The molecular formula is C46H87NO3. The molecule has 1 aromatic carbocycles. The number of benzene rings is 1. The SMILES string of the molecule is CCCCCCCCCCCCCOc1ccc(CN)c(OCCCCCCCCCCCCC)c1OCCCCCCCCCCCCC. The van der Waals surface area contributed by atoms with Gasteiger partial charge in [-0.15, -0.1) is 0 Å². The van der Waals surface area contributed by atoms with Gasteiger partial charge in [0.2, 0.25) is 5.75 Å². The molecule has 0 atom stereocenters. The van der Waals surface area contributed by atoms with Crippen LogP contribution in [0.25, 0.3) is 0 Å². The smallest absolute Gasteiger partial charge is 0.203 e. The number of ether oxygens (including phenoxy) is 3. The zero-order valence-corrected chi connectivity index (χ0v) is 34.1. The molecule has 0 aliphatic rings. The van der Waals surface area contributed by atoms with Crippen LogP contribution < -0.4 is 19.9 Å². The summed E-state index contributed by atoms with van der Waals surface area (Å²) < 4.78 is 19.4. The van der Waals surface area contributed by atoms with Crippen molar-refractivity contribution in [3.63, 3.8) is 0 Å². The van der Waals surface area contributed by atoms with E-state index in [2.05, 4.69) is 32.9 Å². The van der Waals surface area contributed by atoms with Crippen LogP contribution in [-0.4, -0.2) is 19.8 Å². The molecule has 50 heavy (non-hydrogen) atoms. The molecule has 0 aliphatic carbocycles. The first kappa shape index (κ1) is 46.6. The number of nitrogens with two attached hydrogens (primary N) is 1. The molecule has 0 spiro atoms. The largest absolute Gasteiger partial charge is 0.490 e. The Hall–Kier alpha value is -1.42. The molecule has 0 unspecified atom stereocenters. The van der Waals surface area contributed by atoms with E-state index in [1.807, 2.05) is 0 Å². The molecule has 0 saturated carbocycles. The third-order valence-corrected chi connectivity index (χ3v) is 10.4. The molecule has 0 bridgehead atoms. The molecule has 1 rings (SSSR count). The summed E-state index contributed by atoms with van der Waals surface area (Å²) in [5.41, 5.74) is 7.24. The minimum absolute atomic E-state index is 0.446. The number of rotatable bonds is 40. The first-order valence-corrected chi connectivity index (χ1v) is 22.5. The van der Waals surface area contributed by atoms with E-state index in [9.17, 15) is 0 Å². The quantitative estimate of drug-likeness (QED) is 0.0692. The molecule has 4 nitrogen and oxygen atoms in total. The Bertz CT molecular complexity index is 828. The lowest BCUT2D eigenvalue weighted by molar-refractivity contribution is 0.233. The van der Waals surface area contributed by atoms with Crippen LogP contribution in [0.2, 0.25) is 0 Å². The number of hydrogen-bond donors (Lipinski definition) is 1. The molecule has 0 radical (unpaired) electrons. The highest BCUT2D eigenvalue weighted by Crippen LogP contribution is 2.41. The zero-order valence-electron chi connectivity index (χ0n) is 34.1. The van der Waals surface area contributed by atoms with Gasteiger partial charge in [0.15, 0.2) is 11.5 Å². The summed E-state index contributed by atoms with van der Waals surface area (Å²) in [4.78, 5) is 0. The van der Waals surface area contributed by atoms with Gasteiger partial charge in [0, 0.05) is 12.1 Å². The van der Waals surface area contributed by atoms with Crippen molar-refractivity contribution in [3.05, 3.63) is 17.7 Å². The lowest BCUT2D eigenvalue weighted by Crippen LogP contribution is -2.09. The van der Waals surface area contributed by atoms with Crippen LogP contribution in [0.15, 0.2) is 12.1 Å². The van der Waals surface area contributed by atoms with Crippen LogP contribution in [0.4, 0.5) is 0 Å². The predicted octanol–water partition coefficient (Wildman–Crippen LogP) is 15.2. The van der Waals surface area contributed by atoms with Crippen molar-refractivity contribution in [1.29, 1.82) is 0 Å². The maximum absolute atomic E-state index is 6.50. The lowest BCUT2D eigenvalue weighted by atomic mass is 10.1. The van der Waals surface area contributed by atoms with Crippen molar-refractivity contribution in [2.24, 2.45) is 5.73 Å². The molecule has 0 amide bonds. The molecule has 0 aromatic heterocycles. The van der Waals surface area contributed by atoms with Crippen molar-refractivity contribution in [2.45, 2.75) is 239 Å². The maximum atomic E-state index is 6.50. The van der Waals surface area contributed by atoms with Gasteiger partial charge in [-0.05, 0) is 25.3 Å². The van der Waals surface area contributed by atoms with Gasteiger partial charge in [-0.25, -0.2) is 0 Å². The standard InChI is InChI=1S/C46H87NO3/c1-4-7-10-13-16-19-22-25-28-31-34-39-48-44-38-37-43(42-47)45(49-40-35-32-29-26-23-20-17-14-11-8-5-2)46(44)50-41-36-33-30-27-24-21-18-15-12-9-6-3/h37-38H,4-36,39-42,47H2,1-3H3. The Morgan fingerprint density at radius 2 is 0.620 bits per heavy atom. The fraction of sp³-hybridized carbons (Fsp3) is 0.870. The second kappa shape index (κ2) is 37.3. The highest BCUT2D eigenvalue weighted by atomic mass is 16.5. The van der Waals surface area contributed by atoms with Crippen LogP contribution >= 0.6 is 0 Å². The fourth-order valence-electron chi connectivity index (χ4n) is 6.98. The molecule has 0 fully saturated rings. The summed E-state index contributed by atoms with van der Waals surface area (Å²) in [6.07, 6.45) is 44.0. The fourth-order valence-corrected chi connectivity index (χ4v) is 6.98. The minimum atomic E-state index is 0.446. The molecule has 2 N–H and O–H groups in total. The molecule has 4 heteroatoms. The van der Waals surface area contributed by atoms with E-state index in [1.54, 1.807) is 0 Å². The van der Waals surface area contributed by atoms with Crippen molar-refractivity contribution in [3.8, 4) is 17.2 Å². The molecular weight excluding hydrogens is 615 g/mol. The van der Waals surface area contributed by atoms with Gasteiger partial charge in [0.25, 0.3) is 0 Å². The first-order chi connectivity index (χ1) is 24.8. The summed E-state index contributed by atoms with van der Waals surface area (Å²) in [6, 6.07) is 4.15. The van der Waals surface area contributed by atoms with Gasteiger partial charge < -0.3 is 19.9 Å². The van der Waals surface area contributed by atoms with E-state index >= 15 is 0 Å². The summed E-state index contributed by atoms with van der Waals surface area (Å²) in [7, 11) is 0. The van der Waals surface area contributed by atoms with Crippen molar-refractivity contribution < 1.29 is 14.2 Å². The predicted molar refractivity (Wildman–Crippen MR) is 220 cm³/mol. The van der Waals surface area contributed by atoms with E-state index in [4.69, 9.17) is 19.9 Å². The average Bonchev–Trinajstić information content (AvgIpc) is 3.13. The van der Waals surface area contributed by atoms with Crippen molar-refractivity contribution in [1.82, 2.24) is 0 Å². The normalized spacial score (nSPS) is 11.4. The number of unbranched alkanes of at least 4 members (excludes halogenated alkanes) is 30. The highest BCUT2D eigenvalue weighted by Gasteiger charge is 2.17. The van der Waals surface area contributed by atoms with Crippen molar-refractivity contribution in [2.75, 3.05) is 19.8 Å². The van der Waals surface area contributed by atoms with E-state index in [0.29, 0.717) is 19.8 Å². The van der Waals surface area contributed by atoms with E-state index < -0.39 is 0 Å². The maximum Gasteiger partial charge on any atom is 0.203 e. The minimum Gasteiger partial charge on any atom is -0.490 e. The summed E-state index contributed by atoms with van der Waals surface area (Å²) in [5.74, 6) is 2.43. The Morgan fingerprint density at radius 3 is 0.940 bits per heavy atom. The first-order valence-electron chi connectivity index (χ1n) is 22.5. The van der Waals surface area contributed by atoms with Gasteiger partial charge in [0.1, 0.15) is 0 Å². The van der Waals surface area contributed by atoms with Crippen LogP contribution in [0.1, 0.15) is 238 Å². The summed E-state index contributed by atoms with van der Waals surface area (Å²) in [6.45, 7) is 9.46.